The Labute approximate surface area is 152 Å². The molecule has 1 N–H and O–H groups in total. The normalized spacial score (nSPS) is 11.6. The molecule has 0 radical (unpaired) electrons. The average molecular weight is 359 g/mol. The molecule has 6 heteroatoms. The summed E-state index contributed by atoms with van der Waals surface area (Å²) in [5.74, 6) is -1.75. The molecule has 1 atom stereocenters. The number of para-hydroxylation sites is 1. The highest BCUT2D eigenvalue weighted by Gasteiger charge is 2.23. The molecule has 0 aliphatic heterocycles. The molecule has 26 heavy (non-hydrogen) atoms. The Morgan fingerprint density at radius 3 is 2.42 bits per heavy atom. The predicted octanol–water partition coefficient (Wildman–Crippen LogP) is 3.49. The van der Waals surface area contributed by atoms with Crippen LogP contribution in [-0.2, 0) is 16.1 Å². The Bertz CT molecular complexity index is 736. The van der Waals surface area contributed by atoms with Crippen LogP contribution in [0.5, 0.6) is 5.75 Å². The molecule has 0 bridgehead atoms. The Kier molecular flexibility index (Phi) is 7.14. The topological polar surface area (TPSA) is 66.8 Å². The lowest BCUT2D eigenvalue weighted by Crippen LogP contribution is -2.40. The summed E-state index contributed by atoms with van der Waals surface area (Å²) in [4.78, 5) is 25.1. The summed E-state index contributed by atoms with van der Waals surface area (Å²) in [6.45, 7) is 2.18. The molecule has 0 saturated carbocycles. The first-order chi connectivity index (χ1) is 12.5. The predicted molar refractivity (Wildman–Crippen MR) is 95.2 cm³/mol. The van der Waals surface area contributed by atoms with Crippen LogP contribution in [0.2, 0.25) is 0 Å². The summed E-state index contributed by atoms with van der Waals surface area (Å²) in [5.41, 5.74) is 0.925. The first kappa shape index (κ1) is 19.4. The van der Waals surface area contributed by atoms with Gasteiger partial charge in [0.25, 0.3) is 5.91 Å². The third-order valence-corrected chi connectivity index (χ3v) is 3.83. The van der Waals surface area contributed by atoms with Crippen molar-refractivity contribution in [3.63, 3.8) is 0 Å². The number of carboxylic acid groups (broad SMARTS) is 1. The number of halogens is 1. The van der Waals surface area contributed by atoms with Gasteiger partial charge in [-0.15, -0.1) is 0 Å². The number of amides is 1. The van der Waals surface area contributed by atoms with E-state index in [1.807, 2.05) is 30.3 Å². The fourth-order valence-electron chi connectivity index (χ4n) is 2.53. The van der Waals surface area contributed by atoms with Gasteiger partial charge in [-0.1, -0.05) is 42.5 Å². The number of hydrogen-bond donors (Lipinski definition) is 1. The van der Waals surface area contributed by atoms with Gasteiger partial charge in [-0.25, -0.2) is 4.39 Å². The van der Waals surface area contributed by atoms with Crippen LogP contribution in [0.4, 0.5) is 4.39 Å². The number of rotatable bonds is 9. The maximum absolute atomic E-state index is 13.7. The summed E-state index contributed by atoms with van der Waals surface area (Å²) < 4.78 is 19.2. The van der Waals surface area contributed by atoms with Gasteiger partial charge in [0.05, 0.1) is 0 Å². The second-order valence-electron chi connectivity index (χ2n) is 5.93. The van der Waals surface area contributed by atoms with Gasteiger partial charge in [-0.05, 0) is 31.0 Å². The van der Waals surface area contributed by atoms with Crippen molar-refractivity contribution >= 4 is 11.9 Å². The molecule has 5 nitrogen and oxygen atoms in total. The van der Waals surface area contributed by atoms with Gasteiger partial charge in [0.2, 0.25) is 0 Å². The van der Waals surface area contributed by atoms with E-state index in [2.05, 4.69) is 0 Å². The van der Waals surface area contributed by atoms with Gasteiger partial charge in [-0.2, -0.15) is 0 Å². The van der Waals surface area contributed by atoms with E-state index < -0.39 is 17.9 Å². The lowest BCUT2D eigenvalue weighted by molar-refractivity contribution is -0.140. The van der Waals surface area contributed by atoms with Crippen LogP contribution < -0.4 is 4.74 Å². The van der Waals surface area contributed by atoms with Gasteiger partial charge in [0.15, 0.2) is 17.7 Å². The molecule has 0 saturated heterocycles. The van der Waals surface area contributed by atoms with Crippen LogP contribution in [0.15, 0.2) is 54.6 Å². The zero-order valence-corrected chi connectivity index (χ0v) is 14.6. The number of benzene rings is 2. The third kappa shape index (κ3) is 5.88. The SMILES string of the molecule is CC(Oc1ccccc1F)C(=O)N(CCCC(=O)O)Cc1ccccc1. The maximum atomic E-state index is 13.7. The number of nitrogens with zero attached hydrogens (tertiary/aromatic N) is 1. The van der Waals surface area contributed by atoms with Crippen molar-refractivity contribution in [1.82, 2.24) is 4.90 Å². The third-order valence-electron chi connectivity index (χ3n) is 3.83. The smallest absolute Gasteiger partial charge is 0.303 e. The molecule has 0 aromatic heterocycles. The molecule has 138 valence electrons. The summed E-state index contributed by atoms with van der Waals surface area (Å²) in [6.07, 6.45) is -0.581. The number of carbonyl (C=O) groups excluding carboxylic acids is 1. The van der Waals surface area contributed by atoms with Crippen molar-refractivity contribution in [2.75, 3.05) is 6.54 Å². The molecule has 0 fully saturated rings. The van der Waals surface area contributed by atoms with E-state index in [9.17, 15) is 14.0 Å². The quantitative estimate of drug-likeness (QED) is 0.744. The average Bonchev–Trinajstić information content (AvgIpc) is 2.62. The van der Waals surface area contributed by atoms with Crippen molar-refractivity contribution in [1.29, 1.82) is 0 Å². The molecule has 0 spiro atoms. The molecule has 2 aromatic carbocycles. The van der Waals surface area contributed by atoms with Gasteiger partial charge in [-0.3, -0.25) is 9.59 Å². The van der Waals surface area contributed by atoms with E-state index in [1.54, 1.807) is 24.0 Å². The Morgan fingerprint density at radius 2 is 1.77 bits per heavy atom. The zero-order chi connectivity index (χ0) is 18.9. The van der Waals surface area contributed by atoms with Crippen LogP contribution in [0.3, 0.4) is 0 Å². The molecule has 1 amide bonds. The highest BCUT2D eigenvalue weighted by atomic mass is 19.1. The molecular weight excluding hydrogens is 337 g/mol. The fraction of sp³-hybridized carbons (Fsp3) is 0.300. The molecule has 0 aliphatic carbocycles. The molecule has 0 heterocycles. The number of hydrogen-bond acceptors (Lipinski definition) is 3. The molecule has 2 rings (SSSR count). The minimum absolute atomic E-state index is 0.0125. The minimum Gasteiger partial charge on any atom is -0.481 e. The van der Waals surface area contributed by atoms with E-state index in [1.165, 1.54) is 12.1 Å². The molecule has 0 aliphatic rings. The van der Waals surface area contributed by atoms with Crippen LogP contribution in [-0.4, -0.2) is 34.5 Å². The van der Waals surface area contributed by atoms with Crippen molar-refractivity contribution in [2.24, 2.45) is 0 Å². The Balaban J connectivity index is 2.07. The zero-order valence-electron chi connectivity index (χ0n) is 14.6. The minimum atomic E-state index is -0.909. The number of carbonyl (C=O) groups is 2. The number of carboxylic acids is 1. The standard InChI is InChI=1S/C20H22FNO4/c1-15(26-18-11-6-5-10-17(18)21)20(25)22(13-7-12-19(23)24)14-16-8-3-2-4-9-16/h2-6,8-11,15H,7,12-14H2,1H3,(H,23,24). The highest BCUT2D eigenvalue weighted by molar-refractivity contribution is 5.81. The van der Waals surface area contributed by atoms with Crippen molar-refractivity contribution < 1.29 is 23.8 Å². The van der Waals surface area contributed by atoms with Crippen LogP contribution in [0.25, 0.3) is 0 Å². The Hall–Kier alpha value is -2.89. The number of aliphatic carboxylic acids is 1. The van der Waals surface area contributed by atoms with E-state index in [4.69, 9.17) is 9.84 Å². The second-order valence-corrected chi connectivity index (χ2v) is 5.93. The molecule has 2 aromatic rings. The van der Waals surface area contributed by atoms with Crippen molar-refractivity contribution in [3.8, 4) is 5.75 Å². The highest BCUT2D eigenvalue weighted by Crippen LogP contribution is 2.18. The van der Waals surface area contributed by atoms with Crippen LogP contribution in [0.1, 0.15) is 25.3 Å². The Morgan fingerprint density at radius 1 is 1.12 bits per heavy atom. The van der Waals surface area contributed by atoms with Crippen molar-refractivity contribution in [2.45, 2.75) is 32.4 Å². The van der Waals surface area contributed by atoms with E-state index in [0.29, 0.717) is 13.0 Å². The summed E-state index contributed by atoms with van der Waals surface area (Å²) >= 11 is 0. The first-order valence-corrected chi connectivity index (χ1v) is 8.43. The van der Waals surface area contributed by atoms with Gasteiger partial charge >= 0.3 is 5.97 Å². The van der Waals surface area contributed by atoms with Crippen LogP contribution in [0, 0.1) is 5.82 Å². The van der Waals surface area contributed by atoms with Gasteiger partial charge in [0.1, 0.15) is 0 Å². The monoisotopic (exact) mass is 359 g/mol. The van der Waals surface area contributed by atoms with E-state index >= 15 is 0 Å². The fourth-order valence-corrected chi connectivity index (χ4v) is 2.53. The largest absolute Gasteiger partial charge is 0.481 e. The summed E-state index contributed by atoms with van der Waals surface area (Å²) in [7, 11) is 0. The maximum Gasteiger partial charge on any atom is 0.303 e. The van der Waals surface area contributed by atoms with E-state index in [0.717, 1.165) is 5.56 Å². The lowest BCUT2D eigenvalue weighted by atomic mass is 10.2. The summed E-state index contributed by atoms with van der Waals surface area (Å²) in [6, 6.07) is 15.3. The molecular formula is C20H22FNO4. The van der Waals surface area contributed by atoms with E-state index in [-0.39, 0.29) is 24.6 Å². The van der Waals surface area contributed by atoms with Crippen LogP contribution >= 0.6 is 0 Å². The lowest BCUT2D eigenvalue weighted by Gasteiger charge is -2.26. The van der Waals surface area contributed by atoms with Gasteiger partial charge < -0.3 is 14.7 Å². The second kappa shape index (κ2) is 9.56. The summed E-state index contributed by atoms with van der Waals surface area (Å²) in [5, 5.41) is 8.82. The molecule has 1 unspecified atom stereocenters. The van der Waals surface area contributed by atoms with Gasteiger partial charge in [0, 0.05) is 19.5 Å². The number of ether oxygens (including phenoxy) is 1. The first-order valence-electron chi connectivity index (χ1n) is 8.43. The van der Waals surface area contributed by atoms with Crippen molar-refractivity contribution in [3.05, 3.63) is 66.0 Å².